The summed E-state index contributed by atoms with van der Waals surface area (Å²) in [5, 5.41) is 7.91. The van der Waals surface area contributed by atoms with E-state index in [1.165, 1.54) is 0 Å². The predicted molar refractivity (Wildman–Crippen MR) is 65.8 cm³/mol. The van der Waals surface area contributed by atoms with E-state index in [2.05, 4.69) is 20.4 Å². The molecule has 0 aliphatic heterocycles. The summed E-state index contributed by atoms with van der Waals surface area (Å²) in [6.45, 7) is 0. The number of halogens is 1. The third-order valence-electron chi connectivity index (χ3n) is 2.65. The number of hydrogen-bond donors (Lipinski definition) is 1. The molecule has 0 bridgehead atoms. The smallest absolute Gasteiger partial charge is 0.138 e. The molecule has 0 saturated carbocycles. The molecule has 2 aromatic heterocycles. The zero-order valence-electron chi connectivity index (χ0n) is 9.76. The molecule has 1 N–H and O–H groups in total. The molecule has 0 aliphatic rings. The highest BCUT2D eigenvalue weighted by atomic mass is 35.5. The highest BCUT2D eigenvalue weighted by Gasteiger charge is 2.14. The summed E-state index contributed by atoms with van der Waals surface area (Å²) >= 11 is 5.82. The van der Waals surface area contributed by atoms with Crippen LogP contribution in [0.5, 0.6) is 0 Å². The molecule has 1 unspecified atom stereocenters. The lowest BCUT2D eigenvalue weighted by Gasteiger charge is -2.14. The minimum absolute atomic E-state index is 0.107. The Morgan fingerprint density at radius 3 is 2.76 bits per heavy atom. The minimum Gasteiger partial charge on any atom is -0.311 e. The second-order valence-electron chi connectivity index (χ2n) is 3.75. The van der Waals surface area contributed by atoms with E-state index in [9.17, 15) is 0 Å². The van der Waals surface area contributed by atoms with E-state index in [-0.39, 0.29) is 6.04 Å². The highest BCUT2D eigenvalue weighted by molar-refractivity contribution is 6.30. The topological polar surface area (TPSA) is 55.6 Å². The predicted octanol–water partition coefficient (Wildman–Crippen LogP) is 1.37. The first-order valence-electron chi connectivity index (χ1n) is 5.32. The second-order valence-corrected chi connectivity index (χ2v) is 4.18. The Labute approximate surface area is 105 Å². The molecule has 0 spiro atoms. The van der Waals surface area contributed by atoms with Gasteiger partial charge in [-0.25, -0.2) is 4.98 Å². The van der Waals surface area contributed by atoms with Crippen molar-refractivity contribution in [2.24, 2.45) is 7.05 Å². The van der Waals surface area contributed by atoms with Gasteiger partial charge in [0.25, 0.3) is 0 Å². The monoisotopic (exact) mass is 251 g/mol. The van der Waals surface area contributed by atoms with Crippen LogP contribution in [0.25, 0.3) is 0 Å². The Morgan fingerprint density at radius 1 is 1.41 bits per heavy atom. The van der Waals surface area contributed by atoms with Crippen LogP contribution in [0.4, 0.5) is 0 Å². The van der Waals surface area contributed by atoms with E-state index < -0.39 is 0 Å². The molecule has 0 fully saturated rings. The van der Waals surface area contributed by atoms with Crippen LogP contribution < -0.4 is 5.32 Å². The molecule has 2 heterocycles. The standard InChI is InChI=1S/C11H14ClN5/c1-13-10(5-11-15-7-16-17(11)2)9-4-3-8(12)6-14-9/h3-4,6-7,10,13H,5H2,1-2H3. The molecular formula is C11H14ClN5. The molecular weight excluding hydrogens is 238 g/mol. The van der Waals surface area contributed by atoms with Crippen molar-refractivity contribution in [1.29, 1.82) is 0 Å². The van der Waals surface area contributed by atoms with Gasteiger partial charge in [-0.3, -0.25) is 9.67 Å². The maximum absolute atomic E-state index is 5.82. The first-order valence-corrected chi connectivity index (χ1v) is 5.70. The summed E-state index contributed by atoms with van der Waals surface area (Å²) in [7, 11) is 3.78. The zero-order valence-corrected chi connectivity index (χ0v) is 10.5. The van der Waals surface area contributed by atoms with Gasteiger partial charge < -0.3 is 5.32 Å². The molecule has 17 heavy (non-hydrogen) atoms. The maximum Gasteiger partial charge on any atom is 0.138 e. The highest BCUT2D eigenvalue weighted by Crippen LogP contribution is 2.16. The lowest BCUT2D eigenvalue weighted by molar-refractivity contribution is 0.541. The second kappa shape index (κ2) is 5.25. The Bertz CT molecular complexity index is 479. The first kappa shape index (κ1) is 12.0. The molecule has 6 heteroatoms. The number of nitrogens with one attached hydrogen (secondary N) is 1. The van der Waals surface area contributed by atoms with Crippen molar-refractivity contribution >= 4 is 11.6 Å². The van der Waals surface area contributed by atoms with Crippen LogP contribution in [0.1, 0.15) is 17.6 Å². The van der Waals surface area contributed by atoms with E-state index in [0.29, 0.717) is 5.02 Å². The molecule has 0 saturated heterocycles. The van der Waals surface area contributed by atoms with Gasteiger partial charge in [0.1, 0.15) is 12.2 Å². The molecule has 0 radical (unpaired) electrons. The number of hydrogen-bond acceptors (Lipinski definition) is 4. The average Bonchev–Trinajstić information content (AvgIpc) is 2.73. The van der Waals surface area contributed by atoms with Crippen molar-refractivity contribution < 1.29 is 0 Å². The van der Waals surface area contributed by atoms with Crippen LogP contribution in [0, 0.1) is 0 Å². The number of aryl methyl sites for hydroxylation is 1. The number of pyridine rings is 1. The van der Waals surface area contributed by atoms with Crippen molar-refractivity contribution in [3.8, 4) is 0 Å². The fourth-order valence-corrected chi connectivity index (χ4v) is 1.75. The van der Waals surface area contributed by atoms with Crippen molar-refractivity contribution in [2.75, 3.05) is 7.05 Å². The summed E-state index contributed by atoms with van der Waals surface area (Å²) in [6, 6.07) is 3.86. The van der Waals surface area contributed by atoms with Crippen LogP contribution in [-0.2, 0) is 13.5 Å². The third-order valence-corrected chi connectivity index (χ3v) is 2.87. The summed E-state index contributed by atoms with van der Waals surface area (Å²) < 4.78 is 1.76. The van der Waals surface area contributed by atoms with Crippen LogP contribution >= 0.6 is 11.6 Å². The van der Waals surface area contributed by atoms with E-state index in [0.717, 1.165) is 17.9 Å². The van der Waals surface area contributed by atoms with E-state index >= 15 is 0 Å². The van der Waals surface area contributed by atoms with E-state index in [1.807, 2.05) is 26.2 Å². The molecule has 0 amide bonds. The van der Waals surface area contributed by atoms with Gasteiger partial charge in [-0.2, -0.15) is 5.10 Å². The summed E-state index contributed by atoms with van der Waals surface area (Å²) in [6.07, 6.45) is 3.94. The normalized spacial score (nSPS) is 12.6. The Hall–Kier alpha value is -1.46. The molecule has 0 aromatic carbocycles. The van der Waals surface area contributed by atoms with Crippen molar-refractivity contribution in [3.63, 3.8) is 0 Å². The van der Waals surface area contributed by atoms with Crippen molar-refractivity contribution in [2.45, 2.75) is 12.5 Å². The minimum atomic E-state index is 0.107. The van der Waals surface area contributed by atoms with Crippen LogP contribution in [-0.4, -0.2) is 26.8 Å². The molecule has 5 nitrogen and oxygen atoms in total. The van der Waals surface area contributed by atoms with Gasteiger partial charge in [-0.15, -0.1) is 0 Å². The van der Waals surface area contributed by atoms with Crippen molar-refractivity contribution in [3.05, 3.63) is 41.2 Å². The molecule has 0 aliphatic carbocycles. The summed E-state index contributed by atoms with van der Waals surface area (Å²) in [5.74, 6) is 0.918. The molecule has 2 aromatic rings. The van der Waals surface area contributed by atoms with Gasteiger partial charge in [0.2, 0.25) is 0 Å². The van der Waals surface area contributed by atoms with Gasteiger partial charge in [-0.05, 0) is 19.2 Å². The fraction of sp³-hybridized carbons (Fsp3) is 0.364. The van der Waals surface area contributed by atoms with Gasteiger partial charge >= 0.3 is 0 Å². The Morgan fingerprint density at radius 2 is 2.24 bits per heavy atom. The van der Waals surface area contributed by atoms with Gasteiger partial charge in [0, 0.05) is 19.7 Å². The van der Waals surface area contributed by atoms with Gasteiger partial charge in [0.15, 0.2) is 0 Å². The number of rotatable bonds is 4. The quantitative estimate of drug-likeness (QED) is 0.892. The summed E-state index contributed by atoms with van der Waals surface area (Å²) in [5.41, 5.74) is 0.944. The van der Waals surface area contributed by atoms with E-state index in [1.54, 1.807) is 17.2 Å². The summed E-state index contributed by atoms with van der Waals surface area (Å²) in [4.78, 5) is 8.51. The Kier molecular flexibility index (Phi) is 3.71. The first-order chi connectivity index (χ1) is 8.20. The number of likely N-dealkylation sites (N-methyl/N-ethyl adjacent to an activating group) is 1. The average molecular weight is 252 g/mol. The lowest BCUT2D eigenvalue weighted by Crippen LogP contribution is -2.21. The third kappa shape index (κ3) is 2.81. The molecule has 1 atom stereocenters. The van der Waals surface area contributed by atoms with Gasteiger partial charge in [-0.1, -0.05) is 11.6 Å². The SMILES string of the molecule is CNC(Cc1ncnn1C)c1ccc(Cl)cn1. The van der Waals surface area contributed by atoms with Crippen molar-refractivity contribution in [1.82, 2.24) is 25.1 Å². The molecule has 2 rings (SSSR count). The molecule has 90 valence electrons. The van der Waals surface area contributed by atoms with Crippen LogP contribution in [0.15, 0.2) is 24.7 Å². The largest absolute Gasteiger partial charge is 0.311 e. The number of aromatic nitrogens is 4. The lowest BCUT2D eigenvalue weighted by atomic mass is 10.1. The zero-order chi connectivity index (χ0) is 12.3. The maximum atomic E-state index is 5.82. The van der Waals surface area contributed by atoms with Gasteiger partial charge in [0.05, 0.1) is 16.8 Å². The Balaban J connectivity index is 2.17. The fourth-order valence-electron chi connectivity index (χ4n) is 1.64. The van der Waals surface area contributed by atoms with Crippen LogP contribution in [0.3, 0.4) is 0 Å². The number of nitrogens with zero attached hydrogens (tertiary/aromatic N) is 4. The van der Waals surface area contributed by atoms with Crippen LogP contribution in [0.2, 0.25) is 5.02 Å². The van der Waals surface area contributed by atoms with E-state index in [4.69, 9.17) is 11.6 Å².